The van der Waals surface area contributed by atoms with Crippen molar-refractivity contribution in [3.05, 3.63) is 57.6 Å². The van der Waals surface area contributed by atoms with Crippen LogP contribution in [0.5, 0.6) is 0 Å². The highest BCUT2D eigenvalue weighted by Crippen LogP contribution is 2.55. The number of nitro benzene ring substituents is 1. The van der Waals surface area contributed by atoms with Gasteiger partial charge in [-0.15, -0.1) is 0 Å². The minimum Gasteiger partial charge on any atom is -0.258 e. The molecular formula is C17H12F7NO2S. The SMILES string of the molecule is Cc1cc(C)c(-c2ccc([N+](=O)[O-])cc2)c(SC(F)(F)C(F)(F)C(F)(F)F)c1. The van der Waals surface area contributed by atoms with Gasteiger partial charge in [0.2, 0.25) is 0 Å². The summed E-state index contributed by atoms with van der Waals surface area (Å²) in [5, 5.41) is 5.26. The number of hydrogen-bond acceptors (Lipinski definition) is 3. The van der Waals surface area contributed by atoms with Crippen molar-refractivity contribution in [3.8, 4) is 11.1 Å². The van der Waals surface area contributed by atoms with Crippen LogP contribution in [0.2, 0.25) is 0 Å². The van der Waals surface area contributed by atoms with Crippen LogP contribution in [0, 0.1) is 24.0 Å². The van der Waals surface area contributed by atoms with Gasteiger partial charge in [-0.05, 0) is 66.1 Å². The zero-order chi connectivity index (χ0) is 21.5. The van der Waals surface area contributed by atoms with Gasteiger partial charge < -0.3 is 0 Å². The molecule has 0 bridgehead atoms. The number of thioether (sulfide) groups is 1. The molecule has 28 heavy (non-hydrogen) atoms. The zero-order valence-electron chi connectivity index (χ0n) is 14.3. The van der Waals surface area contributed by atoms with Crippen molar-refractivity contribution in [2.24, 2.45) is 0 Å². The van der Waals surface area contributed by atoms with E-state index in [1.807, 2.05) is 0 Å². The number of rotatable bonds is 5. The maximum Gasteiger partial charge on any atom is 0.460 e. The Kier molecular flexibility index (Phi) is 5.71. The summed E-state index contributed by atoms with van der Waals surface area (Å²) < 4.78 is 91.7. The number of alkyl halides is 7. The van der Waals surface area contributed by atoms with Gasteiger partial charge in [0.1, 0.15) is 0 Å². The zero-order valence-corrected chi connectivity index (χ0v) is 15.1. The number of halogens is 7. The van der Waals surface area contributed by atoms with Crippen LogP contribution < -0.4 is 0 Å². The van der Waals surface area contributed by atoms with Crippen LogP contribution in [0.3, 0.4) is 0 Å². The quantitative estimate of drug-likeness (QED) is 0.229. The highest BCUT2D eigenvalue weighted by atomic mass is 32.2. The van der Waals surface area contributed by atoms with Gasteiger partial charge in [0.25, 0.3) is 5.69 Å². The van der Waals surface area contributed by atoms with Gasteiger partial charge >= 0.3 is 17.4 Å². The minimum absolute atomic E-state index is 0.0110. The van der Waals surface area contributed by atoms with E-state index in [2.05, 4.69) is 0 Å². The summed E-state index contributed by atoms with van der Waals surface area (Å²) >= 11 is -0.897. The maximum atomic E-state index is 13.9. The third-order valence-electron chi connectivity index (χ3n) is 3.77. The maximum absolute atomic E-state index is 13.9. The summed E-state index contributed by atoms with van der Waals surface area (Å²) in [5.41, 5.74) is 0.566. The molecule has 0 heterocycles. The number of benzene rings is 2. The van der Waals surface area contributed by atoms with Crippen LogP contribution in [-0.4, -0.2) is 22.3 Å². The molecule has 2 aromatic carbocycles. The minimum atomic E-state index is -6.43. The number of hydrogen-bond donors (Lipinski definition) is 0. The molecule has 0 unspecified atom stereocenters. The Morgan fingerprint density at radius 3 is 1.93 bits per heavy atom. The molecule has 0 aromatic heterocycles. The summed E-state index contributed by atoms with van der Waals surface area (Å²) in [6.07, 6.45) is -6.43. The average Bonchev–Trinajstić information content (AvgIpc) is 2.53. The summed E-state index contributed by atoms with van der Waals surface area (Å²) in [4.78, 5) is 9.54. The molecule has 0 aliphatic carbocycles. The van der Waals surface area contributed by atoms with Gasteiger partial charge in [-0.2, -0.15) is 30.7 Å². The second-order valence-corrected chi connectivity index (χ2v) is 7.11. The fraction of sp³-hybridized carbons (Fsp3) is 0.294. The lowest BCUT2D eigenvalue weighted by molar-refractivity contribution is -0.384. The average molecular weight is 427 g/mol. The number of nitro groups is 1. The van der Waals surface area contributed by atoms with Gasteiger partial charge in [0.05, 0.1) is 4.92 Å². The van der Waals surface area contributed by atoms with E-state index in [0.29, 0.717) is 11.1 Å². The Hall–Kier alpha value is -2.30. The Morgan fingerprint density at radius 2 is 1.46 bits per heavy atom. The van der Waals surface area contributed by atoms with Gasteiger partial charge in [0, 0.05) is 17.0 Å². The van der Waals surface area contributed by atoms with E-state index in [4.69, 9.17) is 0 Å². The third kappa shape index (κ3) is 4.08. The molecule has 0 atom stereocenters. The first-order valence-corrected chi connectivity index (χ1v) is 8.36. The number of non-ortho nitro benzene ring substituents is 1. The fourth-order valence-electron chi connectivity index (χ4n) is 2.50. The van der Waals surface area contributed by atoms with Crippen molar-refractivity contribution < 1.29 is 35.7 Å². The summed E-state index contributed by atoms with van der Waals surface area (Å²) in [5.74, 6) is -6.25. The molecule has 0 spiro atoms. The first-order valence-electron chi connectivity index (χ1n) is 7.55. The van der Waals surface area contributed by atoms with Crippen molar-refractivity contribution in [2.45, 2.75) is 36.1 Å². The molecule has 0 fully saturated rings. The molecule has 0 saturated heterocycles. The summed E-state index contributed by atoms with van der Waals surface area (Å²) in [6, 6.07) is 7.16. The van der Waals surface area contributed by atoms with E-state index < -0.39 is 38.9 Å². The molecule has 0 aliphatic rings. The predicted molar refractivity (Wildman–Crippen MR) is 89.8 cm³/mol. The Bertz CT molecular complexity index is 896. The highest BCUT2D eigenvalue weighted by Gasteiger charge is 2.73. The molecule has 11 heteroatoms. The van der Waals surface area contributed by atoms with E-state index in [0.717, 1.165) is 18.2 Å². The number of nitrogens with zero attached hydrogens (tertiary/aromatic N) is 1. The lowest BCUT2D eigenvalue weighted by Gasteiger charge is -2.28. The second-order valence-electron chi connectivity index (χ2n) is 5.95. The molecule has 0 amide bonds. The Labute approximate surface area is 158 Å². The van der Waals surface area contributed by atoms with Crippen LogP contribution >= 0.6 is 11.8 Å². The highest BCUT2D eigenvalue weighted by molar-refractivity contribution is 8.00. The topological polar surface area (TPSA) is 43.1 Å². The van der Waals surface area contributed by atoms with Gasteiger partial charge in [-0.3, -0.25) is 10.1 Å². The fourth-order valence-corrected chi connectivity index (χ4v) is 3.64. The third-order valence-corrected chi connectivity index (χ3v) is 4.82. The number of aryl methyl sites for hydroxylation is 2. The lowest BCUT2D eigenvalue weighted by Crippen LogP contribution is -2.49. The normalized spacial score (nSPS) is 12.9. The van der Waals surface area contributed by atoms with Crippen molar-refractivity contribution in [1.82, 2.24) is 0 Å². The van der Waals surface area contributed by atoms with Crippen molar-refractivity contribution in [3.63, 3.8) is 0 Å². The van der Waals surface area contributed by atoms with E-state index in [1.165, 1.54) is 32.0 Å². The van der Waals surface area contributed by atoms with E-state index in [1.54, 1.807) is 0 Å². The molecule has 0 radical (unpaired) electrons. The molecule has 0 aliphatic heterocycles. The molecule has 0 saturated carbocycles. The first kappa shape index (κ1) is 22.0. The van der Waals surface area contributed by atoms with Crippen LogP contribution in [0.4, 0.5) is 36.4 Å². The first-order chi connectivity index (χ1) is 12.7. The largest absolute Gasteiger partial charge is 0.460 e. The van der Waals surface area contributed by atoms with E-state index in [9.17, 15) is 40.8 Å². The van der Waals surface area contributed by atoms with Crippen LogP contribution in [0.25, 0.3) is 11.1 Å². The van der Waals surface area contributed by atoms with E-state index in [-0.39, 0.29) is 16.8 Å². The molecule has 3 nitrogen and oxygen atoms in total. The van der Waals surface area contributed by atoms with Crippen molar-refractivity contribution in [2.75, 3.05) is 0 Å². The summed E-state index contributed by atoms with van der Waals surface area (Å²) in [7, 11) is 0. The van der Waals surface area contributed by atoms with Crippen LogP contribution in [0.1, 0.15) is 11.1 Å². The standard InChI is InChI=1S/C17H12F7NO2S/c1-9-7-10(2)14(11-3-5-12(6-4-11)25(26)27)13(8-9)28-17(23,24)15(18,19)16(20,21)22/h3-8H,1-2H3. The molecule has 0 N–H and O–H groups in total. The molecule has 152 valence electrons. The van der Waals surface area contributed by atoms with Crippen LogP contribution in [-0.2, 0) is 0 Å². The molecule has 2 rings (SSSR count). The monoisotopic (exact) mass is 427 g/mol. The Morgan fingerprint density at radius 1 is 0.929 bits per heavy atom. The van der Waals surface area contributed by atoms with Gasteiger partial charge in [0.15, 0.2) is 0 Å². The molecular weight excluding hydrogens is 415 g/mol. The molecule has 2 aromatic rings. The predicted octanol–water partition coefficient (Wildman–Crippen LogP) is 6.76. The summed E-state index contributed by atoms with van der Waals surface area (Å²) in [6.45, 7) is 2.94. The second kappa shape index (κ2) is 7.26. The van der Waals surface area contributed by atoms with Crippen molar-refractivity contribution >= 4 is 17.4 Å². The van der Waals surface area contributed by atoms with Gasteiger partial charge in [-0.25, -0.2) is 0 Å². The van der Waals surface area contributed by atoms with Crippen molar-refractivity contribution in [1.29, 1.82) is 0 Å². The lowest BCUT2D eigenvalue weighted by atomic mass is 9.98. The Balaban J connectivity index is 2.58. The van der Waals surface area contributed by atoms with Gasteiger partial charge in [-0.1, -0.05) is 6.07 Å². The van der Waals surface area contributed by atoms with E-state index >= 15 is 0 Å². The smallest absolute Gasteiger partial charge is 0.258 e. The van der Waals surface area contributed by atoms with Crippen LogP contribution in [0.15, 0.2) is 41.3 Å².